The highest BCUT2D eigenvalue weighted by molar-refractivity contribution is 5.98. The van der Waals surface area contributed by atoms with Crippen LogP contribution in [0.2, 0.25) is 0 Å². The molecule has 2 saturated carbocycles. The maximum atomic E-state index is 8.79. The standard InChI is InChI=1S/C17H25N3O/c1-11-7-15(5-6-16(11)17(18)19-21)20(2)10-14-9-12-3-4-13(14)8-12/h5-7,12-14,21H,3-4,8-10H2,1-2H3,(H2,18,19). The molecule has 3 unspecified atom stereocenters. The maximum absolute atomic E-state index is 8.79. The number of benzene rings is 1. The molecule has 2 aliphatic carbocycles. The summed E-state index contributed by atoms with van der Waals surface area (Å²) in [6.45, 7) is 3.14. The lowest BCUT2D eigenvalue weighted by Gasteiger charge is -2.29. The number of aryl methyl sites for hydroxylation is 1. The van der Waals surface area contributed by atoms with Gasteiger partial charge in [-0.05, 0) is 67.7 Å². The zero-order valence-electron chi connectivity index (χ0n) is 12.9. The molecule has 4 nitrogen and oxygen atoms in total. The third-order valence-electron chi connectivity index (χ3n) is 5.43. The molecular formula is C17H25N3O. The first-order chi connectivity index (χ1) is 10.1. The molecular weight excluding hydrogens is 262 g/mol. The molecule has 1 aromatic carbocycles. The van der Waals surface area contributed by atoms with Crippen LogP contribution in [-0.2, 0) is 0 Å². The Morgan fingerprint density at radius 1 is 1.38 bits per heavy atom. The molecule has 0 heterocycles. The van der Waals surface area contributed by atoms with E-state index in [1.165, 1.54) is 31.4 Å². The summed E-state index contributed by atoms with van der Waals surface area (Å²) in [6.07, 6.45) is 5.76. The zero-order valence-corrected chi connectivity index (χ0v) is 12.9. The summed E-state index contributed by atoms with van der Waals surface area (Å²) in [5, 5.41) is 11.9. The molecule has 114 valence electrons. The van der Waals surface area contributed by atoms with Crippen LogP contribution in [-0.4, -0.2) is 24.6 Å². The summed E-state index contributed by atoms with van der Waals surface area (Å²) in [5.74, 6) is 2.99. The summed E-state index contributed by atoms with van der Waals surface area (Å²) in [5.41, 5.74) is 8.74. The van der Waals surface area contributed by atoms with Gasteiger partial charge >= 0.3 is 0 Å². The van der Waals surface area contributed by atoms with Crippen LogP contribution in [0.1, 0.15) is 36.8 Å². The van der Waals surface area contributed by atoms with Crippen molar-refractivity contribution < 1.29 is 5.21 Å². The van der Waals surface area contributed by atoms with E-state index in [0.29, 0.717) is 0 Å². The van der Waals surface area contributed by atoms with E-state index >= 15 is 0 Å². The summed E-state index contributed by atoms with van der Waals surface area (Å²) in [7, 11) is 2.17. The first-order valence-electron chi connectivity index (χ1n) is 7.88. The Morgan fingerprint density at radius 2 is 2.19 bits per heavy atom. The molecule has 21 heavy (non-hydrogen) atoms. The highest BCUT2D eigenvalue weighted by Gasteiger charge is 2.39. The number of hydrogen-bond donors (Lipinski definition) is 2. The van der Waals surface area contributed by atoms with Gasteiger partial charge < -0.3 is 15.8 Å². The van der Waals surface area contributed by atoms with Gasteiger partial charge in [-0.2, -0.15) is 0 Å². The largest absolute Gasteiger partial charge is 0.409 e. The molecule has 0 aliphatic heterocycles. The zero-order chi connectivity index (χ0) is 15.0. The minimum atomic E-state index is 0.176. The molecule has 0 aromatic heterocycles. The number of anilines is 1. The van der Waals surface area contributed by atoms with E-state index in [1.54, 1.807) is 0 Å². The molecule has 4 heteroatoms. The van der Waals surface area contributed by atoms with Gasteiger partial charge in [0.05, 0.1) is 0 Å². The van der Waals surface area contributed by atoms with E-state index < -0.39 is 0 Å². The SMILES string of the molecule is Cc1cc(N(C)CC2CC3CCC2C3)ccc1/C(N)=N/O. The van der Waals surface area contributed by atoms with E-state index in [0.717, 1.165) is 35.4 Å². The Hall–Kier alpha value is -1.71. The topological polar surface area (TPSA) is 61.8 Å². The number of nitrogens with two attached hydrogens (primary N) is 1. The van der Waals surface area contributed by atoms with E-state index in [4.69, 9.17) is 10.9 Å². The van der Waals surface area contributed by atoms with Crippen molar-refractivity contribution in [3.63, 3.8) is 0 Å². The molecule has 2 aliphatic rings. The van der Waals surface area contributed by atoms with Crippen LogP contribution in [0.3, 0.4) is 0 Å². The Kier molecular flexibility index (Phi) is 3.79. The van der Waals surface area contributed by atoms with Gasteiger partial charge in [-0.15, -0.1) is 0 Å². The molecule has 1 aromatic rings. The van der Waals surface area contributed by atoms with E-state index in [9.17, 15) is 0 Å². The number of oxime groups is 1. The molecule has 2 bridgehead atoms. The van der Waals surface area contributed by atoms with Crippen LogP contribution >= 0.6 is 0 Å². The van der Waals surface area contributed by atoms with E-state index in [1.807, 2.05) is 13.0 Å². The number of hydrogen-bond acceptors (Lipinski definition) is 3. The van der Waals surface area contributed by atoms with Crippen LogP contribution in [0, 0.1) is 24.7 Å². The molecule has 2 fully saturated rings. The van der Waals surface area contributed by atoms with Gasteiger partial charge in [0.1, 0.15) is 0 Å². The highest BCUT2D eigenvalue weighted by atomic mass is 16.4. The Bertz CT molecular complexity index is 555. The Labute approximate surface area is 126 Å². The fourth-order valence-corrected chi connectivity index (χ4v) is 4.28. The number of fused-ring (bicyclic) bond motifs is 2. The van der Waals surface area contributed by atoms with Gasteiger partial charge in [0.2, 0.25) is 0 Å². The van der Waals surface area contributed by atoms with E-state index in [-0.39, 0.29) is 5.84 Å². The monoisotopic (exact) mass is 287 g/mol. The van der Waals surface area contributed by atoms with Crippen molar-refractivity contribution >= 4 is 11.5 Å². The van der Waals surface area contributed by atoms with Gasteiger partial charge in [-0.3, -0.25) is 0 Å². The van der Waals surface area contributed by atoms with Crippen molar-refractivity contribution in [1.82, 2.24) is 0 Å². The fourth-order valence-electron chi connectivity index (χ4n) is 4.28. The molecule has 0 spiro atoms. The first-order valence-corrected chi connectivity index (χ1v) is 7.88. The van der Waals surface area contributed by atoms with Crippen molar-refractivity contribution in [2.24, 2.45) is 28.6 Å². The molecule has 3 atom stereocenters. The predicted octanol–water partition coefficient (Wildman–Crippen LogP) is 2.96. The second-order valence-electron chi connectivity index (χ2n) is 6.80. The minimum Gasteiger partial charge on any atom is -0.409 e. The lowest BCUT2D eigenvalue weighted by atomic mass is 9.88. The molecule has 0 amide bonds. The average molecular weight is 287 g/mol. The van der Waals surface area contributed by atoms with Gasteiger partial charge in [-0.25, -0.2) is 0 Å². The highest BCUT2D eigenvalue weighted by Crippen LogP contribution is 2.48. The van der Waals surface area contributed by atoms with Crippen molar-refractivity contribution in [1.29, 1.82) is 0 Å². The van der Waals surface area contributed by atoms with Crippen LogP contribution < -0.4 is 10.6 Å². The quantitative estimate of drug-likeness (QED) is 0.387. The lowest BCUT2D eigenvalue weighted by molar-refractivity contribution is 0.318. The van der Waals surface area contributed by atoms with Crippen molar-refractivity contribution in [2.45, 2.75) is 32.6 Å². The Balaban J connectivity index is 1.70. The molecule has 0 saturated heterocycles. The van der Waals surface area contributed by atoms with Crippen LogP contribution in [0.5, 0.6) is 0 Å². The summed E-state index contributed by atoms with van der Waals surface area (Å²) in [6, 6.07) is 6.13. The van der Waals surface area contributed by atoms with Gasteiger partial charge in [0.15, 0.2) is 5.84 Å². The second kappa shape index (κ2) is 5.58. The van der Waals surface area contributed by atoms with Crippen molar-refractivity contribution in [3.8, 4) is 0 Å². The predicted molar refractivity (Wildman–Crippen MR) is 85.9 cm³/mol. The number of amidine groups is 1. The van der Waals surface area contributed by atoms with Crippen LogP contribution in [0.4, 0.5) is 5.69 Å². The lowest BCUT2D eigenvalue weighted by Crippen LogP contribution is -2.28. The molecule has 0 radical (unpaired) electrons. The molecule has 3 rings (SSSR count). The van der Waals surface area contributed by atoms with Gasteiger partial charge in [0, 0.05) is 24.8 Å². The third kappa shape index (κ3) is 2.71. The summed E-state index contributed by atoms with van der Waals surface area (Å²) < 4.78 is 0. The number of nitrogens with zero attached hydrogens (tertiary/aromatic N) is 2. The minimum absolute atomic E-state index is 0.176. The smallest absolute Gasteiger partial charge is 0.170 e. The normalized spacial score (nSPS) is 28.1. The summed E-state index contributed by atoms with van der Waals surface area (Å²) >= 11 is 0. The van der Waals surface area contributed by atoms with Gasteiger partial charge in [-0.1, -0.05) is 11.6 Å². The second-order valence-corrected chi connectivity index (χ2v) is 6.80. The molecule has 3 N–H and O–H groups in total. The van der Waals surface area contributed by atoms with Crippen LogP contribution in [0.15, 0.2) is 23.4 Å². The Morgan fingerprint density at radius 3 is 2.76 bits per heavy atom. The van der Waals surface area contributed by atoms with Crippen molar-refractivity contribution in [2.75, 3.05) is 18.5 Å². The number of rotatable bonds is 4. The maximum Gasteiger partial charge on any atom is 0.170 e. The average Bonchev–Trinajstić information content (AvgIpc) is 3.08. The third-order valence-corrected chi connectivity index (χ3v) is 5.43. The fraction of sp³-hybridized carbons (Fsp3) is 0.588. The van der Waals surface area contributed by atoms with E-state index in [2.05, 4.69) is 29.2 Å². The van der Waals surface area contributed by atoms with Crippen molar-refractivity contribution in [3.05, 3.63) is 29.3 Å². The first kappa shape index (κ1) is 14.2. The van der Waals surface area contributed by atoms with Crippen LogP contribution in [0.25, 0.3) is 0 Å². The van der Waals surface area contributed by atoms with Gasteiger partial charge in [0.25, 0.3) is 0 Å². The summed E-state index contributed by atoms with van der Waals surface area (Å²) in [4.78, 5) is 2.36.